The molecule has 0 radical (unpaired) electrons. The molecule has 2 N–H and O–H groups in total. The van der Waals surface area contributed by atoms with Gasteiger partial charge in [0.1, 0.15) is 5.82 Å². The van der Waals surface area contributed by atoms with Crippen LogP contribution in [0.2, 0.25) is 0 Å². The number of pyridine rings is 1. The maximum Gasteiger partial charge on any atom is 0.416 e. The molecule has 190 valence electrons. The summed E-state index contributed by atoms with van der Waals surface area (Å²) in [6, 6.07) is 8.82. The number of hydrogen-bond acceptors (Lipinski definition) is 4. The molecule has 0 fully saturated rings. The average Bonchev–Trinajstić information content (AvgIpc) is 3.26. The molecule has 37 heavy (non-hydrogen) atoms. The topological polar surface area (TPSA) is 86.7 Å². The summed E-state index contributed by atoms with van der Waals surface area (Å²) in [7, 11) is 0. The molecule has 2 heterocycles. The van der Waals surface area contributed by atoms with Crippen molar-refractivity contribution < 1.29 is 35.5 Å². The van der Waals surface area contributed by atoms with Crippen LogP contribution in [0.3, 0.4) is 0 Å². The van der Waals surface area contributed by atoms with Crippen LogP contribution in [0.5, 0.6) is 0 Å². The fourth-order valence-corrected chi connectivity index (χ4v) is 3.33. The summed E-state index contributed by atoms with van der Waals surface area (Å²) in [5.41, 5.74) is 3.25. The molecule has 0 aliphatic rings. The molecule has 2 aromatic carbocycles. The number of rotatable bonds is 5. The Bertz CT molecular complexity index is 1470. The van der Waals surface area contributed by atoms with Gasteiger partial charge in [-0.25, -0.2) is 14.1 Å². The molecule has 4 aromatic rings. The number of nitrogens with zero attached hydrogens (tertiary/aromatic N) is 4. The molecule has 0 saturated heterocycles. The SMILES string of the molecule is NC(=O)C(=Cn1nc(-c2ccc(C(F)(F)F)cc2)nc1-c1ccc(C(F)(F)F)cc1)c1ccncc1F. The number of hydrogen-bond donors (Lipinski definition) is 1. The van der Waals surface area contributed by atoms with Crippen LogP contribution in [0.4, 0.5) is 30.7 Å². The molecule has 6 nitrogen and oxygen atoms in total. The highest BCUT2D eigenvalue weighted by Crippen LogP contribution is 2.33. The van der Waals surface area contributed by atoms with Crippen LogP contribution in [0, 0.1) is 5.82 Å². The van der Waals surface area contributed by atoms with E-state index >= 15 is 0 Å². The molecule has 0 aliphatic carbocycles. The zero-order valence-electron chi connectivity index (χ0n) is 18.3. The van der Waals surface area contributed by atoms with E-state index in [0.717, 1.165) is 65.6 Å². The Morgan fingerprint density at radius 2 is 1.38 bits per heavy atom. The summed E-state index contributed by atoms with van der Waals surface area (Å²) < 4.78 is 93.2. The van der Waals surface area contributed by atoms with Gasteiger partial charge >= 0.3 is 12.4 Å². The van der Waals surface area contributed by atoms with Crippen molar-refractivity contribution in [1.82, 2.24) is 19.7 Å². The lowest BCUT2D eigenvalue weighted by Crippen LogP contribution is -2.15. The van der Waals surface area contributed by atoms with E-state index in [0.29, 0.717) is 0 Å². The molecule has 0 aliphatic heterocycles. The van der Waals surface area contributed by atoms with Gasteiger partial charge in [-0.1, -0.05) is 24.3 Å². The Kier molecular flexibility index (Phi) is 6.55. The minimum Gasteiger partial charge on any atom is -0.366 e. The van der Waals surface area contributed by atoms with Gasteiger partial charge in [0.05, 0.1) is 22.9 Å². The maximum absolute atomic E-state index is 14.3. The fourth-order valence-electron chi connectivity index (χ4n) is 3.33. The van der Waals surface area contributed by atoms with Gasteiger partial charge in [-0.15, -0.1) is 5.10 Å². The van der Waals surface area contributed by atoms with Crippen molar-refractivity contribution in [3.63, 3.8) is 0 Å². The summed E-state index contributed by atoms with van der Waals surface area (Å²) in [6.07, 6.45) is -6.10. The van der Waals surface area contributed by atoms with Crippen LogP contribution < -0.4 is 5.73 Å². The molecule has 1 amide bonds. The Hall–Kier alpha value is -4.55. The maximum atomic E-state index is 14.3. The van der Waals surface area contributed by atoms with E-state index in [-0.39, 0.29) is 33.9 Å². The number of benzene rings is 2. The highest BCUT2D eigenvalue weighted by atomic mass is 19.4. The van der Waals surface area contributed by atoms with E-state index in [4.69, 9.17) is 5.73 Å². The molecule has 0 spiro atoms. The van der Waals surface area contributed by atoms with Crippen LogP contribution in [-0.2, 0) is 17.1 Å². The van der Waals surface area contributed by atoms with E-state index in [9.17, 15) is 35.5 Å². The number of halogens is 7. The molecular weight excluding hydrogens is 507 g/mol. The first-order chi connectivity index (χ1) is 17.3. The second-order valence-corrected chi connectivity index (χ2v) is 7.62. The van der Waals surface area contributed by atoms with Crippen molar-refractivity contribution in [1.29, 1.82) is 0 Å². The third kappa shape index (κ3) is 5.50. The van der Waals surface area contributed by atoms with Crippen molar-refractivity contribution in [2.24, 2.45) is 5.73 Å². The zero-order valence-corrected chi connectivity index (χ0v) is 18.3. The van der Waals surface area contributed by atoms with Crippen molar-refractivity contribution >= 4 is 17.7 Å². The van der Waals surface area contributed by atoms with Gasteiger partial charge in [0, 0.05) is 29.1 Å². The molecule has 2 aromatic heterocycles. The molecule has 13 heteroatoms. The third-order valence-corrected chi connectivity index (χ3v) is 5.15. The number of carbonyl (C=O) groups excluding carboxylic acids is 1. The van der Waals surface area contributed by atoms with Gasteiger partial charge in [-0.05, 0) is 30.3 Å². The fraction of sp³-hybridized carbons (Fsp3) is 0.0833. The van der Waals surface area contributed by atoms with Gasteiger partial charge in [-0.2, -0.15) is 26.3 Å². The minimum atomic E-state index is -4.60. The van der Waals surface area contributed by atoms with Crippen LogP contribution in [0.25, 0.3) is 34.5 Å². The standard InChI is InChI=1S/C24H14F7N5O/c25-19-11-33-10-9-17(19)18(20(32)37)12-36-22(14-3-7-16(8-4-14)24(29,30)31)34-21(35-36)13-1-5-15(6-2-13)23(26,27)28/h1-12H,(H2,32,37). The summed E-state index contributed by atoms with van der Waals surface area (Å²) >= 11 is 0. The molecule has 0 unspecified atom stereocenters. The Morgan fingerprint density at radius 1 is 0.838 bits per heavy atom. The number of primary amides is 1. The minimum absolute atomic E-state index is 0.0863. The number of aromatic nitrogens is 4. The molecule has 0 saturated carbocycles. The number of carbonyl (C=O) groups is 1. The second kappa shape index (κ2) is 9.48. The van der Waals surface area contributed by atoms with Gasteiger partial charge < -0.3 is 5.73 Å². The highest BCUT2D eigenvalue weighted by molar-refractivity contribution is 6.22. The summed E-state index contributed by atoms with van der Waals surface area (Å²) in [5.74, 6) is -2.14. The van der Waals surface area contributed by atoms with Crippen LogP contribution in [-0.4, -0.2) is 25.7 Å². The van der Waals surface area contributed by atoms with E-state index in [1.54, 1.807) is 0 Å². The average molecular weight is 521 g/mol. The van der Waals surface area contributed by atoms with E-state index in [1.165, 1.54) is 12.3 Å². The predicted octanol–water partition coefficient (Wildman–Crippen LogP) is 5.67. The van der Waals surface area contributed by atoms with E-state index in [1.807, 2.05) is 0 Å². The summed E-state index contributed by atoms with van der Waals surface area (Å²) in [4.78, 5) is 20.0. The van der Waals surface area contributed by atoms with Crippen molar-refractivity contribution in [3.05, 3.63) is 89.5 Å². The second-order valence-electron chi connectivity index (χ2n) is 7.62. The molecular formula is C24H14F7N5O. The molecule has 0 bridgehead atoms. The van der Waals surface area contributed by atoms with Crippen molar-refractivity contribution in [2.75, 3.05) is 0 Å². The van der Waals surface area contributed by atoms with Crippen LogP contribution in [0.15, 0.2) is 67.0 Å². The van der Waals surface area contributed by atoms with Gasteiger partial charge in [0.25, 0.3) is 5.91 Å². The Labute approximate surface area is 203 Å². The largest absolute Gasteiger partial charge is 0.416 e. The zero-order chi connectivity index (χ0) is 27.0. The lowest BCUT2D eigenvalue weighted by Gasteiger charge is -2.08. The van der Waals surface area contributed by atoms with Gasteiger partial charge in [0.2, 0.25) is 0 Å². The highest BCUT2D eigenvalue weighted by Gasteiger charge is 2.31. The summed E-state index contributed by atoms with van der Waals surface area (Å²) in [6.45, 7) is 0. The van der Waals surface area contributed by atoms with Crippen molar-refractivity contribution in [2.45, 2.75) is 12.4 Å². The first-order valence-electron chi connectivity index (χ1n) is 10.3. The lowest BCUT2D eigenvalue weighted by molar-refractivity contribution is -0.138. The monoisotopic (exact) mass is 521 g/mol. The quantitative estimate of drug-likeness (QED) is 0.271. The third-order valence-electron chi connectivity index (χ3n) is 5.15. The van der Waals surface area contributed by atoms with Gasteiger partial charge in [-0.3, -0.25) is 9.78 Å². The first kappa shape index (κ1) is 25.5. The Morgan fingerprint density at radius 3 is 1.86 bits per heavy atom. The van der Waals surface area contributed by atoms with Crippen LogP contribution in [0.1, 0.15) is 16.7 Å². The predicted molar refractivity (Wildman–Crippen MR) is 118 cm³/mol. The molecule has 0 atom stereocenters. The smallest absolute Gasteiger partial charge is 0.366 e. The van der Waals surface area contributed by atoms with Gasteiger partial charge in [0.15, 0.2) is 11.6 Å². The lowest BCUT2D eigenvalue weighted by atomic mass is 10.1. The van der Waals surface area contributed by atoms with E-state index in [2.05, 4.69) is 15.1 Å². The summed E-state index contributed by atoms with van der Waals surface area (Å²) in [5, 5.41) is 4.18. The molecule has 4 rings (SSSR count). The van der Waals surface area contributed by atoms with E-state index < -0.39 is 35.2 Å². The van der Waals surface area contributed by atoms with Crippen LogP contribution >= 0.6 is 0 Å². The normalized spacial score (nSPS) is 12.6. The number of nitrogens with two attached hydrogens (primary N) is 1. The Balaban J connectivity index is 1.88. The first-order valence-corrected chi connectivity index (χ1v) is 10.3. The number of alkyl halides is 6. The van der Waals surface area contributed by atoms with Crippen molar-refractivity contribution in [3.8, 4) is 22.8 Å². The number of amides is 1.